The average Bonchev–Trinajstić information content (AvgIpc) is 2.11. The smallest absolute Gasteiger partial charge is 0.00245 e. The van der Waals surface area contributed by atoms with Crippen molar-refractivity contribution >= 4 is 0 Å². The summed E-state index contributed by atoms with van der Waals surface area (Å²) >= 11 is 0. The molecule has 0 nitrogen and oxygen atoms in total. The summed E-state index contributed by atoms with van der Waals surface area (Å²) in [6.45, 7) is 13.4. The summed E-state index contributed by atoms with van der Waals surface area (Å²) in [5.41, 5.74) is 4.49. The highest BCUT2D eigenvalue weighted by molar-refractivity contribution is 5.20. The Hall–Kier alpha value is -0.520. The van der Waals surface area contributed by atoms with Crippen LogP contribution < -0.4 is 0 Å². The Morgan fingerprint density at radius 1 is 1.15 bits per heavy atom. The molecule has 0 aromatic rings. The van der Waals surface area contributed by atoms with E-state index in [1.165, 1.54) is 29.6 Å². The highest BCUT2D eigenvalue weighted by atomic mass is 14.1. The van der Waals surface area contributed by atoms with E-state index in [-0.39, 0.29) is 0 Å². The molecule has 1 unspecified atom stereocenters. The van der Waals surface area contributed by atoms with Gasteiger partial charge in [0.15, 0.2) is 0 Å². The molecular weight excluding hydrogens is 156 g/mol. The van der Waals surface area contributed by atoms with Gasteiger partial charge in [-0.05, 0) is 40.0 Å². The lowest BCUT2D eigenvalue weighted by Crippen LogP contribution is -1.99. The molecule has 0 radical (unpaired) electrons. The van der Waals surface area contributed by atoms with Crippen LogP contribution in [0.4, 0.5) is 0 Å². The maximum atomic E-state index is 2.37. The fourth-order valence-electron chi connectivity index (χ4n) is 1.32. The number of allylic oxidation sites excluding steroid dienone is 4. The number of unbranched alkanes of at least 4 members (excludes halogenated alkanes) is 1. The van der Waals surface area contributed by atoms with Gasteiger partial charge in [0.05, 0.1) is 0 Å². The van der Waals surface area contributed by atoms with Crippen LogP contribution in [-0.4, -0.2) is 0 Å². The Labute approximate surface area is 83.7 Å². The molecule has 0 N–H and O–H groups in total. The Bertz CT molecular complexity index is 202. The van der Waals surface area contributed by atoms with Crippen LogP contribution in [0.25, 0.3) is 0 Å². The largest absolute Gasteiger partial charge is 0.0850 e. The minimum atomic E-state index is 0.622. The van der Waals surface area contributed by atoms with Crippen LogP contribution in [0.2, 0.25) is 0 Å². The maximum absolute atomic E-state index is 2.37. The van der Waals surface area contributed by atoms with E-state index in [2.05, 4.69) is 47.6 Å². The van der Waals surface area contributed by atoms with Gasteiger partial charge in [0.25, 0.3) is 0 Å². The summed E-state index contributed by atoms with van der Waals surface area (Å²) in [5.74, 6) is 0.622. The molecule has 0 rings (SSSR count). The monoisotopic (exact) mass is 180 g/mol. The van der Waals surface area contributed by atoms with E-state index in [0.29, 0.717) is 5.92 Å². The lowest BCUT2D eigenvalue weighted by atomic mass is 9.91. The second-order valence-electron chi connectivity index (χ2n) is 4.14. The van der Waals surface area contributed by atoms with E-state index in [1.807, 2.05) is 0 Å². The second kappa shape index (κ2) is 6.01. The molecule has 0 aromatic carbocycles. The Kier molecular flexibility index (Phi) is 5.77. The highest BCUT2D eigenvalue weighted by Crippen LogP contribution is 2.22. The lowest BCUT2D eigenvalue weighted by Gasteiger charge is -2.15. The Morgan fingerprint density at radius 3 is 2.08 bits per heavy atom. The molecule has 0 aromatic heterocycles. The van der Waals surface area contributed by atoms with Crippen LogP contribution in [0, 0.1) is 5.92 Å². The van der Waals surface area contributed by atoms with Crippen molar-refractivity contribution in [3.8, 4) is 0 Å². The first-order chi connectivity index (χ1) is 6.00. The lowest BCUT2D eigenvalue weighted by molar-refractivity contribution is 0.773. The van der Waals surface area contributed by atoms with E-state index in [4.69, 9.17) is 0 Å². The summed E-state index contributed by atoms with van der Waals surface area (Å²) in [4.78, 5) is 0. The molecule has 0 spiro atoms. The van der Waals surface area contributed by atoms with E-state index in [1.54, 1.807) is 0 Å². The second-order valence-corrected chi connectivity index (χ2v) is 4.14. The van der Waals surface area contributed by atoms with Crippen molar-refractivity contribution in [1.29, 1.82) is 0 Å². The summed E-state index contributed by atoms with van der Waals surface area (Å²) in [7, 11) is 0. The quantitative estimate of drug-likeness (QED) is 0.549. The molecule has 0 aliphatic rings. The molecule has 0 aliphatic heterocycles. The normalized spacial score (nSPS) is 14.2. The molecule has 0 bridgehead atoms. The zero-order valence-corrected chi connectivity index (χ0v) is 10.1. The number of hydrogen-bond donors (Lipinski definition) is 0. The van der Waals surface area contributed by atoms with Crippen molar-refractivity contribution in [2.45, 2.75) is 54.4 Å². The molecule has 0 saturated heterocycles. The zero-order valence-electron chi connectivity index (χ0n) is 10.1. The van der Waals surface area contributed by atoms with E-state index in [9.17, 15) is 0 Å². The van der Waals surface area contributed by atoms with Crippen molar-refractivity contribution in [3.63, 3.8) is 0 Å². The van der Waals surface area contributed by atoms with Gasteiger partial charge in [0.2, 0.25) is 0 Å². The molecule has 0 saturated carbocycles. The van der Waals surface area contributed by atoms with Gasteiger partial charge < -0.3 is 0 Å². The molecule has 1 atom stereocenters. The molecule has 76 valence electrons. The summed E-state index contributed by atoms with van der Waals surface area (Å²) in [6, 6.07) is 0. The number of rotatable bonds is 4. The van der Waals surface area contributed by atoms with Gasteiger partial charge in [-0.2, -0.15) is 0 Å². The first-order valence-corrected chi connectivity index (χ1v) is 5.31. The van der Waals surface area contributed by atoms with E-state index < -0.39 is 0 Å². The summed E-state index contributed by atoms with van der Waals surface area (Å²) < 4.78 is 0. The summed E-state index contributed by atoms with van der Waals surface area (Å²) in [6.07, 6.45) is 4.83. The molecule has 0 amide bonds. The van der Waals surface area contributed by atoms with E-state index in [0.717, 1.165) is 0 Å². The average molecular weight is 180 g/mol. The topological polar surface area (TPSA) is 0 Å². The minimum absolute atomic E-state index is 0.622. The van der Waals surface area contributed by atoms with Crippen LogP contribution in [0.15, 0.2) is 22.8 Å². The van der Waals surface area contributed by atoms with Gasteiger partial charge in [-0.3, -0.25) is 0 Å². The maximum Gasteiger partial charge on any atom is -0.00245 e. The van der Waals surface area contributed by atoms with Crippen molar-refractivity contribution in [1.82, 2.24) is 0 Å². The van der Waals surface area contributed by atoms with Crippen molar-refractivity contribution in [2.24, 2.45) is 5.92 Å². The molecule has 13 heavy (non-hydrogen) atoms. The van der Waals surface area contributed by atoms with E-state index >= 15 is 0 Å². The van der Waals surface area contributed by atoms with Gasteiger partial charge in [0.1, 0.15) is 0 Å². The summed E-state index contributed by atoms with van der Waals surface area (Å²) in [5, 5.41) is 0. The third-order valence-corrected chi connectivity index (χ3v) is 2.88. The van der Waals surface area contributed by atoms with Crippen LogP contribution in [0.5, 0.6) is 0 Å². The molecule has 0 heterocycles. The fourth-order valence-corrected chi connectivity index (χ4v) is 1.32. The molecule has 0 aliphatic carbocycles. The Balaban J connectivity index is 4.42. The van der Waals surface area contributed by atoms with Gasteiger partial charge in [-0.25, -0.2) is 0 Å². The highest BCUT2D eigenvalue weighted by Gasteiger charge is 2.06. The number of hydrogen-bond acceptors (Lipinski definition) is 0. The van der Waals surface area contributed by atoms with Gasteiger partial charge >= 0.3 is 0 Å². The molecular formula is C13H24. The van der Waals surface area contributed by atoms with Crippen molar-refractivity contribution in [2.75, 3.05) is 0 Å². The third-order valence-electron chi connectivity index (χ3n) is 2.88. The predicted molar refractivity (Wildman–Crippen MR) is 61.9 cm³/mol. The van der Waals surface area contributed by atoms with Gasteiger partial charge in [-0.1, -0.05) is 43.1 Å². The fraction of sp³-hybridized carbons (Fsp3) is 0.692. The Morgan fingerprint density at radius 2 is 1.69 bits per heavy atom. The van der Waals surface area contributed by atoms with Gasteiger partial charge in [0, 0.05) is 0 Å². The zero-order chi connectivity index (χ0) is 10.4. The van der Waals surface area contributed by atoms with Crippen LogP contribution in [0.1, 0.15) is 54.4 Å². The first-order valence-electron chi connectivity index (χ1n) is 5.31. The van der Waals surface area contributed by atoms with Crippen LogP contribution >= 0.6 is 0 Å². The van der Waals surface area contributed by atoms with Crippen molar-refractivity contribution in [3.05, 3.63) is 22.8 Å². The van der Waals surface area contributed by atoms with Crippen LogP contribution in [-0.2, 0) is 0 Å². The predicted octanol–water partition coefficient (Wildman–Crippen LogP) is 4.73. The van der Waals surface area contributed by atoms with Crippen molar-refractivity contribution < 1.29 is 0 Å². The van der Waals surface area contributed by atoms with Crippen LogP contribution in [0.3, 0.4) is 0 Å². The SMILES string of the molecule is CCCC=C(C)C(C)C(C)=C(C)C. The standard InChI is InChI=1S/C13H24/c1-7-8-9-11(4)13(6)12(5)10(2)3/h9,13H,7-8H2,1-6H3. The van der Waals surface area contributed by atoms with Gasteiger partial charge in [-0.15, -0.1) is 0 Å². The molecule has 0 heteroatoms. The third kappa shape index (κ3) is 4.31. The molecule has 0 fully saturated rings. The first kappa shape index (κ1) is 12.5. The minimum Gasteiger partial charge on any atom is -0.0850 e.